The van der Waals surface area contributed by atoms with E-state index in [9.17, 15) is 4.79 Å². The Morgan fingerprint density at radius 3 is 2.56 bits per heavy atom. The van der Waals surface area contributed by atoms with Gasteiger partial charge in [0.25, 0.3) is 0 Å². The van der Waals surface area contributed by atoms with Gasteiger partial charge in [-0.3, -0.25) is 0 Å². The zero-order valence-electron chi connectivity index (χ0n) is 15.8. The van der Waals surface area contributed by atoms with Crippen molar-refractivity contribution in [2.24, 2.45) is 0 Å². The van der Waals surface area contributed by atoms with Crippen LogP contribution >= 0.6 is 0 Å². The number of urea groups is 1. The zero-order valence-corrected chi connectivity index (χ0v) is 15.8. The Bertz CT molecular complexity index is 558. The number of aromatic amines is 1. The van der Waals surface area contributed by atoms with Gasteiger partial charge in [-0.05, 0) is 45.7 Å². The van der Waals surface area contributed by atoms with Crippen LogP contribution in [0.15, 0.2) is 6.20 Å². The van der Waals surface area contributed by atoms with Gasteiger partial charge in [0.1, 0.15) is 5.82 Å². The minimum Gasteiger partial charge on any atom is -0.345 e. The molecule has 1 aliphatic carbocycles. The highest BCUT2D eigenvalue weighted by atomic mass is 16.2. The number of imidazole rings is 1. The molecule has 1 aliphatic heterocycles. The fourth-order valence-electron chi connectivity index (χ4n) is 4.26. The maximum absolute atomic E-state index is 12.8. The number of nitrogens with zero attached hydrogens (tertiary/aromatic N) is 3. The van der Waals surface area contributed by atoms with Crippen LogP contribution < -0.4 is 5.32 Å². The molecule has 0 aromatic carbocycles. The summed E-state index contributed by atoms with van der Waals surface area (Å²) in [6.45, 7) is 5.86. The van der Waals surface area contributed by atoms with E-state index in [0.29, 0.717) is 6.54 Å². The van der Waals surface area contributed by atoms with Gasteiger partial charge in [-0.1, -0.05) is 25.7 Å². The molecule has 25 heavy (non-hydrogen) atoms. The van der Waals surface area contributed by atoms with Crippen molar-refractivity contribution in [2.45, 2.75) is 70.4 Å². The van der Waals surface area contributed by atoms with Crippen LogP contribution in [0, 0.1) is 6.92 Å². The molecule has 1 aromatic rings. The molecule has 1 aromatic heterocycles. The number of nitrogens with one attached hydrogen (secondary N) is 2. The molecule has 2 heterocycles. The van der Waals surface area contributed by atoms with E-state index in [-0.39, 0.29) is 11.6 Å². The lowest BCUT2D eigenvalue weighted by Gasteiger charge is -2.43. The third kappa shape index (κ3) is 4.97. The number of rotatable bonds is 5. The van der Waals surface area contributed by atoms with E-state index in [1.807, 2.05) is 14.0 Å². The Morgan fingerprint density at radius 2 is 1.92 bits per heavy atom. The first-order chi connectivity index (χ1) is 12.1. The Kier molecular flexibility index (Phi) is 5.99. The SMILES string of the molecule is Cc1cnc(CN(C)C(=O)NC2(CN3CCCCC3)CCCCC2)[nH]1. The van der Waals surface area contributed by atoms with Crippen molar-refractivity contribution in [3.05, 3.63) is 17.7 Å². The molecule has 0 bridgehead atoms. The predicted molar refractivity (Wildman–Crippen MR) is 99.4 cm³/mol. The average Bonchev–Trinajstić information content (AvgIpc) is 3.01. The van der Waals surface area contributed by atoms with E-state index >= 15 is 0 Å². The van der Waals surface area contributed by atoms with Crippen LogP contribution in [0.2, 0.25) is 0 Å². The van der Waals surface area contributed by atoms with Crippen LogP contribution in [-0.4, -0.2) is 58.0 Å². The second kappa shape index (κ2) is 8.21. The number of H-pyrrole nitrogens is 1. The van der Waals surface area contributed by atoms with Gasteiger partial charge in [-0.25, -0.2) is 9.78 Å². The van der Waals surface area contributed by atoms with E-state index in [1.165, 1.54) is 51.6 Å². The Morgan fingerprint density at radius 1 is 1.24 bits per heavy atom. The van der Waals surface area contributed by atoms with Crippen molar-refractivity contribution >= 4 is 6.03 Å². The minimum absolute atomic E-state index is 0.0213. The molecule has 6 heteroatoms. The molecule has 2 N–H and O–H groups in total. The van der Waals surface area contributed by atoms with Gasteiger partial charge in [0.05, 0.1) is 12.1 Å². The number of aromatic nitrogens is 2. The van der Waals surface area contributed by atoms with Crippen LogP contribution in [-0.2, 0) is 6.54 Å². The molecule has 2 amide bonds. The first-order valence-electron chi connectivity index (χ1n) is 9.82. The second-order valence-corrected chi connectivity index (χ2v) is 7.98. The molecule has 1 saturated carbocycles. The quantitative estimate of drug-likeness (QED) is 0.860. The summed E-state index contributed by atoms with van der Waals surface area (Å²) in [4.78, 5) is 24.6. The fraction of sp³-hybridized carbons (Fsp3) is 0.789. The highest BCUT2D eigenvalue weighted by Gasteiger charge is 2.36. The number of carbonyl (C=O) groups is 1. The summed E-state index contributed by atoms with van der Waals surface area (Å²) in [5.74, 6) is 0.837. The highest BCUT2D eigenvalue weighted by molar-refractivity contribution is 5.74. The van der Waals surface area contributed by atoms with E-state index in [4.69, 9.17) is 0 Å². The molecule has 3 rings (SSSR count). The van der Waals surface area contributed by atoms with E-state index in [2.05, 4.69) is 20.2 Å². The molecule has 0 radical (unpaired) electrons. The summed E-state index contributed by atoms with van der Waals surface area (Å²) in [6, 6.07) is 0.0213. The van der Waals surface area contributed by atoms with E-state index in [1.54, 1.807) is 11.1 Å². The molecular formula is C19H33N5O. The summed E-state index contributed by atoms with van der Waals surface area (Å²) >= 11 is 0. The number of likely N-dealkylation sites (tertiary alicyclic amines) is 1. The smallest absolute Gasteiger partial charge is 0.318 e. The maximum atomic E-state index is 12.8. The molecule has 140 valence electrons. The lowest BCUT2D eigenvalue weighted by Crippen LogP contribution is -2.59. The molecule has 0 atom stereocenters. The molecule has 6 nitrogen and oxygen atoms in total. The summed E-state index contributed by atoms with van der Waals surface area (Å²) in [5, 5.41) is 3.41. The maximum Gasteiger partial charge on any atom is 0.318 e. The molecule has 1 saturated heterocycles. The lowest BCUT2D eigenvalue weighted by molar-refractivity contribution is 0.119. The Labute approximate surface area is 151 Å². The number of hydrogen-bond acceptors (Lipinski definition) is 3. The van der Waals surface area contributed by atoms with Crippen molar-refractivity contribution in [2.75, 3.05) is 26.7 Å². The summed E-state index contributed by atoms with van der Waals surface area (Å²) in [5.41, 5.74) is 0.970. The van der Waals surface area contributed by atoms with Gasteiger partial charge in [-0.2, -0.15) is 0 Å². The third-order valence-electron chi connectivity index (χ3n) is 5.65. The zero-order chi connectivity index (χ0) is 17.7. The van der Waals surface area contributed by atoms with Gasteiger partial charge in [0, 0.05) is 25.5 Å². The van der Waals surface area contributed by atoms with Crippen molar-refractivity contribution in [1.29, 1.82) is 0 Å². The van der Waals surface area contributed by atoms with Crippen LogP contribution in [0.3, 0.4) is 0 Å². The Balaban J connectivity index is 1.61. The summed E-state index contributed by atoms with van der Waals surface area (Å²) in [7, 11) is 1.85. The number of piperidine rings is 1. The largest absolute Gasteiger partial charge is 0.345 e. The standard InChI is InChI=1S/C19H33N5O/c1-16-13-20-17(21-16)14-23(2)18(25)22-19(9-5-3-6-10-19)15-24-11-7-4-8-12-24/h13H,3-12,14-15H2,1-2H3,(H,20,21)(H,22,25). The van der Waals surface area contributed by atoms with Crippen molar-refractivity contribution in [1.82, 2.24) is 25.1 Å². The van der Waals surface area contributed by atoms with Crippen LogP contribution in [0.1, 0.15) is 62.9 Å². The second-order valence-electron chi connectivity index (χ2n) is 7.98. The average molecular weight is 348 g/mol. The fourth-order valence-corrected chi connectivity index (χ4v) is 4.26. The molecule has 2 fully saturated rings. The molecule has 0 unspecified atom stereocenters. The van der Waals surface area contributed by atoms with Crippen LogP contribution in [0.5, 0.6) is 0 Å². The van der Waals surface area contributed by atoms with E-state index in [0.717, 1.165) is 30.9 Å². The lowest BCUT2D eigenvalue weighted by atomic mass is 9.81. The Hall–Kier alpha value is -1.56. The summed E-state index contributed by atoms with van der Waals surface area (Å²) in [6.07, 6.45) is 11.7. The number of aryl methyl sites for hydroxylation is 1. The number of hydrogen-bond donors (Lipinski definition) is 2. The minimum atomic E-state index is -0.0555. The first kappa shape index (κ1) is 18.2. The predicted octanol–water partition coefficient (Wildman–Crippen LogP) is 3.05. The van der Waals surface area contributed by atoms with E-state index < -0.39 is 0 Å². The molecular weight excluding hydrogens is 314 g/mol. The van der Waals surface area contributed by atoms with Crippen LogP contribution in [0.25, 0.3) is 0 Å². The van der Waals surface area contributed by atoms with Gasteiger partial charge in [-0.15, -0.1) is 0 Å². The third-order valence-corrected chi connectivity index (χ3v) is 5.65. The molecule has 2 aliphatic rings. The van der Waals surface area contributed by atoms with Gasteiger partial charge in [0.15, 0.2) is 0 Å². The number of carbonyl (C=O) groups excluding carboxylic acids is 1. The topological polar surface area (TPSA) is 64.3 Å². The highest BCUT2D eigenvalue weighted by Crippen LogP contribution is 2.30. The van der Waals surface area contributed by atoms with Crippen molar-refractivity contribution < 1.29 is 4.79 Å². The normalized spacial score (nSPS) is 21.0. The number of amides is 2. The molecule has 0 spiro atoms. The van der Waals surface area contributed by atoms with Gasteiger partial charge in [0.2, 0.25) is 0 Å². The van der Waals surface area contributed by atoms with Gasteiger partial charge < -0.3 is 20.1 Å². The monoisotopic (exact) mass is 347 g/mol. The first-order valence-corrected chi connectivity index (χ1v) is 9.82. The van der Waals surface area contributed by atoms with Crippen molar-refractivity contribution in [3.63, 3.8) is 0 Å². The van der Waals surface area contributed by atoms with Crippen molar-refractivity contribution in [3.8, 4) is 0 Å². The van der Waals surface area contributed by atoms with Crippen LogP contribution in [0.4, 0.5) is 4.79 Å². The van der Waals surface area contributed by atoms with Gasteiger partial charge >= 0.3 is 6.03 Å². The summed E-state index contributed by atoms with van der Waals surface area (Å²) < 4.78 is 0.